The first-order chi connectivity index (χ1) is 16.6. The monoisotopic (exact) mass is 479 g/mol. The molecule has 0 fully saturated rings. The molecule has 4 rings (SSSR count). The summed E-state index contributed by atoms with van der Waals surface area (Å²) in [6.45, 7) is 3.80. The normalized spacial score (nSPS) is 11.4. The SMILES string of the molecule is Cc1cc(C)cc(-c2cnc(-c3cccnc3)c(C(=O)NCc3ccc(C(F)(F)F)c(F)c3)c2)c1. The van der Waals surface area contributed by atoms with E-state index in [1.807, 2.05) is 32.0 Å². The van der Waals surface area contributed by atoms with Gasteiger partial charge in [-0.15, -0.1) is 0 Å². The predicted molar refractivity (Wildman–Crippen MR) is 125 cm³/mol. The highest BCUT2D eigenvalue weighted by Crippen LogP contribution is 2.32. The molecule has 2 aromatic heterocycles. The second-order valence-corrected chi connectivity index (χ2v) is 8.23. The first-order valence-corrected chi connectivity index (χ1v) is 10.7. The molecule has 178 valence electrons. The topological polar surface area (TPSA) is 54.9 Å². The van der Waals surface area contributed by atoms with Gasteiger partial charge < -0.3 is 5.32 Å². The van der Waals surface area contributed by atoms with Crippen LogP contribution in [0.25, 0.3) is 22.4 Å². The first-order valence-electron chi connectivity index (χ1n) is 10.7. The van der Waals surface area contributed by atoms with Crippen LogP contribution in [0.3, 0.4) is 0 Å². The molecular formula is C27H21F4N3O. The number of rotatable bonds is 5. The van der Waals surface area contributed by atoms with Gasteiger partial charge in [-0.2, -0.15) is 13.2 Å². The summed E-state index contributed by atoms with van der Waals surface area (Å²) in [6.07, 6.45) is 0.0798. The number of aromatic nitrogens is 2. The third kappa shape index (κ3) is 5.54. The summed E-state index contributed by atoms with van der Waals surface area (Å²) in [4.78, 5) is 21.8. The standard InChI is InChI=1S/C27H21F4N3O/c1-16-8-17(2)10-20(9-16)21-12-22(25(33-15-21)19-4-3-7-32-14-19)26(35)34-13-18-5-6-23(24(28)11-18)27(29,30)31/h3-12,14-15H,13H2,1-2H3,(H,34,35). The van der Waals surface area contributed by atoms with Crippen LogP contribution in [0.5, 0.6) is 0 Å². The highest BCUT2D eigenvalue weighted by atomic mass is 19.4. The van der Waals surface area contributed by atoms with E-state index in [1.54, 1.807) is 36.8 Å². The Balaban J connectivity index is 1.67. The van der Waals surface area contributed by atoms with Gasteiger partial charge in [0.15, 0.2) is 0 Å². The first kappa shape index (κ1) is 24.1. The summed E-state index contributed by atoms with van der Waals surface area (Å²) in [5, 5.41) is 2.67. The molecule has 1 N–H and O–H groups in total. The van der Waals surface area contributed by atoms with Crippen molar-refractivity contribution >= 4 is 5.91 Å². The number of carbonyl (C=O) groups is 1. The van der Waals surface area contributed by atoms with Crippen LogP contribution in [0.4, 0.5) is 17.6 Å². The average molecular weight is 479 g/mol. The van der Waals surface area contributed by atoms with E-state index >= 15 is 0 Å². The Morgan fingerprint density at radius 2 is 1.66 bits per heavy atom. The lowest BCUT2D eigenvalue weighted by Gasteiger charge is -2.13. The van der Waals surface area contributed by atoms with Crippen molar-refractivity contribution in [3.63, 3.8) is 0 Å². The predicted octanol–water partition coefficient (Wildman–Crippen LogP) is 6.52. The highest BCUT2D eigenvalue weighted by molar-refractivity contribution is 6.01. The number of halogens is 4. The number of aryl methyl sites for hydroxylation is 2. The van der Waals surface area contributed by atoms with E-state index in [0.717, 1.165) is 34.4 Å². The maximum atomic E-state index is 13.9. The molecule has 0 unspecified atom stereocenters. The quantitative estimate of drug-likeness (QED) is 0.332. The van der Waals surface area contributed by atoms with Crippen LogP contribution in [-0.4, -0.2) is 15.9 Å². The Labute approximate surface area is 199 Å². The Morgan fingerprint density at radius 1 is 0.914 bits per heavy atom. The van der Waals surface area contributed by atoms with Crippen molar-refractivity contribution in [1.29, 1.82) is 0 Å². The Hall–Kier alpha value is -4.07. The van der Waals surface area contributed by atoms with Crippen molar-refractivity contribution in [3.05, 3.63) is 107 Å². The molecule has 0 bridgehead atoms. The van der Waals surface area contributed by atoms with Gasteiger partial charge >= 0.3 is 6.18 Å². The lowest BCUT2D eigenvalue weighted by Crippen LogP contribution is -2.24. The van der Waals surface area contributed by atoms with Crippen LogP contribution in [0.15, 0.2) is 73.2 Å². The van der Waals surface area contributed by atoms with Crippen molar-refractivity contribution < 1.29 is 22.4 Å². The molecular weight excluding hydrogens is 458 g/mol. The second-order valence-electron chi connectivity index (χ2n) is 8.23. The third-order valence-corrected chi connectivity index (χ3v) is 5.41. The van der Waals surface area contributed by atoms with Crippen LogP contribution >= 0.6 is 0 Å². The maximum absolute atomic E-state index is 13.9. The van der Waals surface area contributed by atoms with Crippen molar-refractivity contribution in [2.24, 2.45) is 0 Å². The van der Waals surface area contributed by atoms with Crippen LogP contribution in [0, 0.1) is 19.7 Å². The maximum Gasteiger partial charge on any atom is 0.419 e. The number of carbonyl (C=O) groups excluding carboxylic acids is 1. The smallest absolute Gasteiger partial charge is 0.348 e. The van der Waals surface area contributed by atoms with Crippen molar-refractivity contribution in [1.82, 2.24) is 15.3 Å². The van der Waals surface area contributed by atoms with E-state index in [4.69, 9.17) is 0 Å². The number of nitrogens with zero attached hydrogens (tertiary/aromatic N) is 2. The van der Waals surface area contributed by atoms with Gasteiger partial charge in [0.25, 0.3) is 5.91 Å². The highest BCUT2D eigenvalue weighted by Gasteiger charge is 2.33. The summed E-state index contributed by atoms with van der Waals surface area (Å²) in [7, 11) is 0. The molecule has 0 atom stereocenters. The molecule has 8 heteroatoms. The molecule has 0 aliphatic heterocycles. The number of pyridine rings is 2. The lowest BCUT2D eigenvalue weighted by molar-refractivity contribution is -0.140. The third-order valence-electron chi connectivity index (χ3n) is 5.41. The molecule has 1 amide bonds. The molecule has 0 spiro atoms. The molecule has 4 aromatic rings. The Morgan fingerprint density at radius 3 is 2.29 bits per heavy atom. The van der Waals surface area contributed by atoms with Gasteiger partial charge in [-0.25, -0.2) is 4.39 Å². The van der Waals surface area contributed by atoms with E-state index in [1.165, 1.54) is 0 Å². The zero-order valence-electron chi connectivity index (χ0n) is 18.9. The largest absolute Gasteiger partial charge is 0.419 e. The van der Waals surface area contributed by atoms with E-state index < -0.39 is 23.5 Å². The average Bonchev–Trinajstić information content (AvgIpc) is 2.81. The zero-order chi connectivity index (χ0) is 25.2. The molecule has 4 nitrogen and oxygen atoms in total. The van der Waals surface area contributed by atoms with Crippen molar-refractivity contribution in [2.75, 3.05) is 0 Å². The summed E-state index contributed by atoms with van der Waals surface area (Å²) >= 11 is 0. The van der Waals surface area contributed by atoms with Gasteiger partial charge in [0, 0.05) is 36.3 Å². The van der Waals surface area contributed by atoms with E-state index in [9.17, 15) is 22.4 Å². The van der Waals surface area contributed by atoms with Gasteiger partial charge in [-0.05, 0) is 55.3 Å². The van der Waals surface area contributed by atoms with Gasteiger partial charge in [0.05, 0.1) is 16.8 Å². The van der Waals surface area contributed by atoms with Crippen LogP contribution in [0.1, 0.15) is 32.6 Å². The van der Waals surface area contributed by atoms with Crippen LogP contribution < -0.4 is 5.32 Å². The molecule has 0 saturated heterocycles. The summed E-state index contributed by atoms with van der Waals surface area (Å²) in [6, 6.07) is 13.8. The molecule has 0 radical (unpaired) electrons. The van der Waals surface area contributed by atoms with Gasteiger partial charge in [-0.1, -0.05) is 35.4 Å². The summed E-state index contributed by atoms with van der Waals surface area (Å²) in [5.41, 5.74) is 3.90. The summed E-state index contributed by atoms with van der Waals surface area (Å²) in [5.74, 6) is -1.89. The van der Waals surface area contributed by atoms with E-state index in [0.29, 0.717) is 17.3 Å². The fourth-order valence-corrected chi connectivity index (χ4v) is 3.85. The van der Waals surface area contributed by atoms with Gasteiger partial charge in [0.2, 0.25) is 0 Å². The molecule has 2 aromatic carbocycles. The number of alkyl halides is 3. The minimum atomic E-state index is -4.79. The zero-order valence-corrected chi connectivity index (χ0v) is 18.9. The van der Waals surface area contributed by atoms with E-state index in [-0.39, 0.29) is 17.7 Å². The van der Waals surface area contributed by atoms with Crippen molar-refractivity contribution in [3.8, 4) is 22.4 Å². The minimum absolute atomic E-state index is 0.159. The van der Waals surface area contributed by atoms with Crippen molar-refractivity contribution in [2.45, 2.75) is 26.6 Å². The number of nitrogens with one attached hydrogen (secondary N) is 1. The van der Waals surface area contributed by atoms with Crippen LogP contribution in [-0.2, 0) is 12.7 Å². The molecule has 35 heavy (non-hydrogen) atoms. The summed E-state index contributed by atoms with van der Waals surface area (Å²) < 4.78 is 52.4. The fraction of sp³-hybridized carbons (Fsp3) is 0.148. The van der Waals surface area contributed by atoms with Gasteiger partial charge in [-0.3, -0.25) is 14.8 Å². The van der Waals surface area contributed by atoms with Crippen LogP contribution in [0.2, 0.25) is 0 Å². The Kier molecular flexibility index (Phi) is 6.64. The number of hydrogen-bond donors (Lipinski definition) is 1. The van der Waals surface area contributed by atoms with E-state index in [2.05, 4.69) is 15.3 Å². The van der Waals surface area contributed by atoms with Gasteiger partial charge in [0.1, 0.15) is 5.82 Å². The molecule has 0 aliphatic rings. The molecule has 0 aliphatic carbocycles. The fourth-order valence-electron chi connectivity index (χ4n) is 3.85. The molecule has 2 heterocycles. The Bertz CT molecular complexity index is 1370. The number of benzene rings is 2. The molecule has 0 saturated carbocycles. The lowest BCUT2D eigenvalue weighted by atomic mass is 9.98. The minimum Gasteiger partial charge on any atom is -0.348 e. The number of amides is 1. The second kappa shape index (κ2) is 9.66. The number of hydrogen-bond acceptors (Lipinski definition) is 3.